The van der Waals surface area contributed by atoms with E-state index in [9.17, 15) is 4.57 Å². The molecule has 160 valence electrons. The maximum absolute atomic E-state index is 12.4. The van der Waals surface area contributed by atoms with Crippen LogP contribution in [0.4, 0.5) is 0 Å². The smallest absolute Gasteiger partial charge is 0.237 e. The molecular formula is C25H45NOP+. The molecule has 3 heteroatoms. The number of unbranched alkanes of at least 4 members (excludes halogenated alkanes) is 15. The molecule has 0 N–H and O–H groups in total. The van der Waals surface area contributed by atoms with Gasteiger partial charge in [0.1, 0.15) is 0 Å². The minimum absolute atomic E-state index is 0.773. The van der Waals surface area contributed by atoms with E-state index >= 15 is 0 Å². The molecule has 2 nitrogen and oxygen atoms in total. The lowest BCUT2D eigenvalue weighted by Crippen LogP contribution is -2.13. The molecule has 0 radical (unpaired) electrons. The second-order valence-corrected chi connectivity index (χ2v) is 11.7. The summed E-state index contributed by atoms with van der Waals surface area (Å²) in [5.41, 5.74) is 2.48. The Morgan fingerprint density at radius 3 is 1.64 bits per heavy atom. The number of nitrogens with zero attached hydrogens (tertiary/aromatic N) is 1. The zero-order valence-corrected chi connectivity index (χ0v) is 19.7. The summed E-state index contributed by atoms with van der Waals surface area (Å²) in [4.78, 5) is 0. The van der Waals surface area contributed by atoms with Gasteiger partial charge in [0.2, 0.25) is 0 Å². The van der Waals surface area contributed by atoms with Crippen molar-refractivity contribution >= 4 is 12.7 Å². The van der Waals surface area contributed by atoms with Gasteiger partial charge in [0, 0.05) is 12.1 Å². The van der Waals surface area contributed by atoms with Crippen molar-refractivity contribution in [3.63, 3.8) is 0 Å². The van der Waals surface area contributed by atoms with E-state index in [1.54, 1.807) is 0 Å². The average Bonchev–Trinajstić information content (AvgIpc) is 3.31. The number of aromatic nitrogens is 1. The highest BCUT2D eigenvalue weighted by Gasteiger charge is 2.57. The summed E-state index contributed by atoms with van der Waals surface area (Å²) in [6.07, 6.45) is 26.6. The molecule has 0 saturated heterocycles. The first-order valence-corrected chi connectivity index (χ1v) is 14.2. The van der Waals surface area contributed by atoms with E-state index in [4.69, 9.17) is 0 Å². The third-order valence-electron chi connectivity index (χ3n) is 6.39. The molecule has 0 saturated carbocycles. The Hall–Kier alpha value is -0.620. The first-order valence-electron chi connectivity index (χ1n) is 12.4. The average molecular weight is 407 g/mol. The van der Waals surface area contributed by atoms with E-state index in [1.807, 2.05) is 17.5 Å². The SMILES string of the molecule is CCCCCCCCCCCCCCCCCCc1cc[n+]2c(c1)P2(=O)CC. The van der Waals surface area contributed by atoms with Crippen molar-refractivity contribution in [1.82, 2.24) is 0 Å². The molecule has 0 aliphatic carbocycles. The van der Waals surface area contributed by atoms with Gasteiger partial charge in [0.15, 0.2) is 6.20 Å². The third kappa shape index (κ3) is 8.02. The van der Waals surface area contributed by atoms with Gasteiger partial charge in [-0.25, -0.2) is 4.57 Å². The molecule has 0 aromatic carbocycles. The van der Waals surface area contributed by atoms with Crippen LogP contribution < -0.4 is 9.77 Å². The predicted molar refractivity (Wildman–Crippen MR) is 123 cm³/mol. The van der Waals surface area contributed by atoms with Gasteiger partial charge in [-0.3, -0.25) is 0 Å². The van der Waals surface area contributed by atoms with Crippen LogP contribution in [-0.4, -0.2) is 6.16 Å². The third-order valence-corrected chi connectivity index (χ3v) is 9.17. The Morgan fingerprint density at radius 1 is 0.714 bits per heavy atom. The van der Waals surface area contributed by atoms with Crippen molar-refractivity contribution in [2.75, 3.05) is 6.16 Å². The molecule has 2 heterocycles. The number of rotatable bonds is 18. The van der Waals surface area contributed by atoms with Gasteiger partial charge in [-0.2, -0.15) is 0 Å². The van der Waals surface area contributed by atoms with Crippen LogP contribution in [0.15, 0.2) is 18.3 Å². The summed E-state index contributed by atoms with van der Waals surface area (Å²) < 4.78 is 14.4. The molecule has 1 aliphatic rings. The Kier molecular flexibility index (Phi) is 11.5. The first kappa shape index (κ1) is 23.7. The van der Waals surface area contributed by atoms with E-state index in [0.29, 0.717) is 0 Å². The molecule has 1 aliphatic heterocycles. The van der Waals surface area contributed by atoms with Gasteiger partial charge < -0.3 is 0 Å². The van der Waals surface area contributed by atoms with Crippen LogP contribution in [0.2, 0.25) is 0 Å². The minimum atomic E-state index is -2.08. The predicted octanol–water partition coefficient (Wildman–Crippen LogP) is 7.56. The van der Waals surface area contributed by atoms with Crippen molar-refractivity contribution < 1.29 is 8.90 Å². The highest BCUT2D eigenvalue weighted by molar-refractivity contribution is 7.70. The van der Waals surface area contributed by atoms with Gasteiger partial charge in [-0.15, -0.1) is 4.34 Å². The van der Waals surface area contributed by atoms with Crippen LogP contribution >= 0.6 is 7.29 Å². The van der Waals surface area contributed by atoms with Gasteiger partial charge in [0.25, 0.3) is 0 Å². The number of hydrogen-bond acceptors (Lipinski definition) is 1. The van der Waals surface area contributed by atoms with E-state index in [-0.39, 0.29) is 0 Å². The van der Waals surface area contributed by atoms with E-state index in [0.717, 1.165) is 18.0 Å². The van der Waals surface area contributed by atoms with Crippen LogP contribution in [0.25, 0.3) is 0 Å². The summed E-state index contributed by atoms with van der Waals surface area (Å²) >= 11 is 0. The van der Waals surface area contributed by atoms with E-state index in [1.165, 1.54) is 108 Å². The Labute approximate surface area is 174 Å². The van der Waals surface area contributed by atoms with Crippen molar-refractivity contribution in [1.29, 1.82) is 0 Å². The maximum atomic E-state index is 12.4. The molecule has 0 spiro atoms. The molecule has 0 bridgehead atoms. The monoisotopic (exact) mass is 406 g/mol. The van der Waals surface area contributed by atoms with Gasteiger partial charge in [-0.1, -0.05) is 110 Å². The van der Waals surface area contributed by atoms with Gasteiger partial charge in [-0.05, 0) is 18.4 Å². The normalized spacial score (nSPS) is 17.6. The standard InChI is InChI=1S/C25H45NOP/c1-3-5-6-7-8-9-10-11-12-13-14-15-16-17-18-19-20-24-21-22-26-25(23-24)28(26,27)4-2/h21-23H,3-20H2,1-2H3/q+1. The molecule has 1 unspecified atom stereocenters. The number of aryl methyl sites for hydroxylation is 1. The van der Waals surface area contributed by atoms with Crippen molar-refractivity contribution in [2.24, 2.45) is 0 Å². The van der Waals surface area contributed by atoms with E-state index < -0.39 is 7.29 Å². The lowest BCUT2D eigenvalue weighted by atomic mass is 10.0. The molecule has 2 rings (SSSR count). The number of fused-ring (bicyclic) bond motifs is 1. The Bertz CT molecular complexity index is 598. The first-order chi connectivity index (χ1) is 13.7. The summed E-state index contributed by atoms with van der Waals surface area (Å²) in [6.45, 7) is 4.32. The highest BCUT2D eigenvalue weighted by atomic mass is 31.2. The van der Waals surface area contributed by atoms with Crippen LogP contribution in [-0.2, 0) is 11.0 Å². The summed E-state index contributed by atoms with van der Waals surface area (Å²) in [5, 5.41) is 0. The highest BCUT2D eigenvalue weighted by Crippen LogP contribution is 2.47. The van der Waals surface area contributed by atoms with Crippen LogP contribution in [0, 0.1) is 0 Å². The van der Waals surface area contributed by atoms with Crippen LogP contribution in [0.3, 0.4) is 0 Å². The summed E-state index contributed by atoms with van der Waals surface area (Å²) in [5.74, 6) is 0. The molecule has 1 aromatic heterocycles. The zero-order valence-electron chi connectivity index (χ0n) is 18.8. The fourth-order valence-electron chi connectivity index (χ4n) is 4.35. The lowest BCUT2D eigenvalue weighted by molar-refractivity contribution is -0.444. The fraction of sp³-hybridized carbons (Fsp3) is 0.800. The topological polar surface area (TPSA) is 20.9 Å². The second kappa shape index (κ2) is 13.6. The molecule has 1 aromatic rings. The van der Waals surface area contributed by atoms with Gasteiger partial charge in [0.05, 0.1) is 6.16 Å². The van der Waals surface area contributed by atoms with Crippen molar-refractivity contribution in [3.8, 4) is 0 Å². The van der Waals surface area contributed by atoms with Crippen molar-refractivity contribution in [2.45, 2.75) is 123 Å². The van der Waals surface area contributed by atoms with Gasteiger partial charge >= 0.3 is 12.7 Å². The minimum Gasteiger partial charge on any atom is -0.237 e. The van der Waals surface area contributed by atoms with Crippen LogP contribution in [0.1, 0.15) is 122 Å². The largest absolute Gasteiger partial charge is 0.412 e. The molecule has 28 heavy (non-hydrogen) atoms. The van der Waals surface area contributed by atoms with Crippen molar-refractivity contribution in [3.05, 3.63) is 23.9 Å². The summed E-state index contributed by atoms with van der Waals surface area (Å²) in [7, 11) is -2.08. The van der Waals surface area contributed by atoms with E-state index in [2.05, 4.69) is 19.1 Å². The molecule has 0 fully saturated rings. The molecular weight excluding hydrogens is 361 g/mol. The lowest BCUT2D eigenvalue weighted by Gasteiger charge is -2.03. The molecule has 0 amide bonds. The number of hydrogen-bond donors (Lipinski definition) is 0. The number of pyridine rings is 1. The molecule has 1 atom stereocenters. The quantitative estimate of drug-likeness (QED) is 0.182. The fourth-order valence-corrected chi connectivity index (χ4v) is 6.58. The Balaban J connectivity index is 1.33. The van der Waals surface area contributed by atoms with Crippen LogP contribution in [0.5, 0.6) is 0 Å². The summed E-state index contributed by atoms with van der Waals surface area (Å²) in [6, 6.07) is 4.36. The zero-order chi connectivity index (χ0) is 20.1. The second-order valence-electron chi connectivity index (χ2n) is 8.81. The maximum Gasteiger partial charge on any atom is 0.412 e. The Morgan fingerprint density at radius 2 is 1.18 bits per heavy atom.